The highest BCUT2D eigenvalue weighted by atomic mass is 32.2. The number of rotatable bonds is 3. The van der Waals surface area contributed by atoms with Crippen LogP contribution < -0.4 is 0 Å². The largest absolute Gasteiger partial charge is 0.395 e. The smallest absolute Gasteiger partial charge is 0.244 e. The molecule has 7 heteroatoms. The zero-order chi connectivity index (χ0) is 15.3. The van der Waals surface area contributed by atoms with Crippen molar-refractivity contribution in [2.75, 3.05) is 32.9 Å². The van der Waals surface area contributed by atoms with Crippen LogP contribution in [0.3, 0.4) is 0 Å². The van der Waals surface area contributed by atoms with Crippen molar-refractivity contribution < 1.29 is 22.7 Å². The van der Waals surface area contributed by atoms with Gasteiger partial charge in [0.2, 0.25) is 10.0 Å². The highest BCUT2D eigenvalue weighted by molar-refractivity contribution is 7.89. The van der Waals surface area contributed by atoms with Crippen molar-refractivity contribution in [3.05, 3.63) is 29.6 Å². The maximum Gasteiger partial charge on any atom is 0.244 e. The predicted molar refractivity (Wildman–Crippen MR) is 74.6 cm³/mol. The lowest BCUT2D eigenvalue weighted by Gasteiger charge is -2.26. The third kappa shape index (κ3) is 3.80. The molecule has 114 valence electrons. The molecule has 1 aromatic carbocycles. The number of hydrogen-bond acceptors (Lipinski definition) is 4. The first kappa shape index (κ1) is 15.9. The Morgan fingerprint density at radius 1 is 1.33 bits per heavy atom. The topological polar surface area (TPSA) is 66.8 Å². The molecule has 0 atom stereocenters. The first-order valence-electron chi connectivity index (χ1n) is 6.53. The van der Waals surface area contributed by atoms with E-state index in [0.29, 0.717) is 13.2 Å². The zero-order valence-electron chi connectivity index (χ0n) is 11.4. The molecule has 1 aliphatic rings. The van der Waals surface area contributed by atoms with Gasteiger partial charge in [-0.1, -0.05) is 11.8 Å². The lowest BCUT2D eigenvalue weighted by Crippen LogP contribution is -2.40. The molecule has 2 rings (SSSR count). The van der Waals surface area contributed by atoms with E-state index in [1.165, 1.54) is 10.4 Å². The van der Waals surface area contributed by atoms with Gasteiger partial charge in [-0.3, -0.25) is 0 Å². The van der Waals surface area contributed by atoms with Crippen molar-refractivity contribution in [2.45, 2.75) is 11.3 Å². The Morgan fingerprint density at radius 3 is 2.71 bits per heavy atom. The molecule has 0 spiro atoms. The Morgan fingerprint density at radius 2 is 2.05 bits per heavy atom. The highest BCUT2D eigenvalue weighted by Crippen LogP contribution is 2.21. The van der Waals surface area contributed by atoms with E-state index in [-0.39, 0.29) is 36.6 Å². The molecule has 1 heterocycles. The molecule has 0 bridgehead atoms. The summed E-state index contributed by atoms with van der Waals surface area (Å²) >= 11 is 0. The quantitative estimate of drug-likeness (QED) is 0.829. The van der Waals surface area contributed by atoms with Gasteiger partial charge in [-0.2, -0.15) is 4.31 Å². The standard InChI is InChI=1S/C14H16FNO4S/c15-13-4-5-14(12(11-13)3-1-2-8-17)21(18,19)16-6-9-20-10-7-16/h4-5,11,17H,2,6-10H2. The van der Waals surface area contributed by atoms with Crippen LogP contribution in [0.15, 0.2) is 23.1 Å². The Kier molecular flexibility index (Phi) is 5.31. The molecular formula is C14H16FNO4S. The summed E-state index contributed by atoms with van der Waals surface area (Å²) in [5.41, 5.74) is 0.106. The van der Waals surface area contributed by atoms with E-state index in [1.54, 1.807) is 0 Å². The molecule has 0 radical (unpaired) electrons. The van der Waals surface area contributed by atoms with Crippen LogP contribution in [0.1, 0.15) is 12.0 Å². The van der Waals surface area contributed by atoms with Crippen molar-refractivity contribution in [2.24, 2.45) is 0 Å². The van der Waals surface area contributed by atoms with Crippen LogP contribution in [-0.2, 0) is 14.8 Å². The van der Waals surface area contributed by atoms with Crippen LogP contribution in [0.5, 0.6) is 0 Å². The number of sulfonamides is 1. The molecular weight excluding hydrogens is 297 g/mol. The van der Waals surface area contributed by atoms with Crippen LogP contribution in [0.4, 0.5) is 4.39 Å². The number of aliphatic hydroxyl groups is 1. The van der Waals surface area contributed by atoms with Crippen molar-refractivity contribution in [3.8, 4) is 11.8 Å². The molecule has 0 aromatic heterocycles. The fourth-order valence-corrected chi connectivity index (χ4v) is 3.50. The first-order chi connectivity index (χ1) is 10.1. The van der Waals surface area contributed by atoms with E-state index >= 15 is 0 Å². The summed E-state index contributed by atoms with van der Waals surface area (Å²) in [6.07, 6.45) is 0.202. The summed E-state index contributed by atoms with van der Waals surface area (Å²) in [4.78, 5) is -0.0174. The Labute approximate surface area is 123 Å². The minimum atomic E-state index is -3.72. The second kappa shape index (κ2) is 7.00. The van der Waals surface area contributed by atoms with Crippen molar-refractivity contribution in [3.63, 3.8) is 0 Å². The minimum Gasteiger partial charge on any atom is -0.395 e. The molecule has 1 saturated heterocycles. The normalized spacial score (nSPS) is 16.3. The van der Waals surface area contributed by atoms with E-state index in [2.05, 4.69) is 11.8 Å². The second-order valence-electron chi connectivity index (χ2n) is 4.43. The fourth-order valence-electron chi connectivity index (χ4n) is 1.96. The zero-order valence-corrected chi connectivity index (χ0v) is 12.2. The average Bonchev–Trinajstić information content (AvgIpc) is 2.48. The van der Waals surface area contributed by atoms with Crippen LogP contribution in [0.25, 0.3) is 0 Å². The molecule has 1 aliphatic heterocycles. The summed E-state index contributed by atoms with van der Waals surface area (Å²) in [5, 5.41) is 8.71. The van der Waals surface area contributed by atoms with E-state index in [1.807, 2.05) is 0 Å². The SMILES string of the molecule is O=S(=O)(c1ccc(F)cc1C#CCCO)N1CCOCC1. The van der Waals surface area contributed by atoms with E-state index < -0.39 is 15.8 Å². The summed E-state index contributed by atoms with van der Waals surface area (Å²) in [7, 11) is -3.72. The number of benzene rings is 1. The van der Waals surface area contributed by atoms with Crippen LogP contribution in [-0.4, -0.2) is 50.7 Å². The Bertz CT molecular complexity index is 657. The van der Waals surface area contributed by atoms with Crippen molar-refractivity contribution in [1.82, 2.24) is 4.31 Å². The minimum absolute atomic E-state index is 0.0174. The third-order valence-electron chi connectivity index (χ3n) is 2.99. The maximum absolute atomic E-state index is 13.3. The molecule has 1 aromatic rings. The lowest BCUT2D eigenvalue weighted by molar-refractivity contribution is 0.0730. The van der Waals surface area contributed by atoms with Gasteiger partial charge in [0.15, 0.2) is 0 Å². The first-order valence-corrected chi connectivity index (χ1v) is 7.97. The molecule has 1 fully saturated rings. The van der Waals surface area contributed by atoms with Gasteiger partial charge in [0.05, 0.1) is 24.7 Å². The van der Waals surface area contributed by atoms with Gasteiger partial charge in [0.25, 0.3) is 0 Å². The maximum atomic E-state index is 13.3. The molecule has 0 aliphatic carbocycles. The number of ether oxygens (including phenoxy) is 1. The van der Waals surface area contributed by atoms with Gasteiger partial charge < -0.3 is 9.84 Å². The summed E-state index contributed by atoms with van der Waals surface area (Å²) in [5.74, 6) is 4.68. The van der Waals surface area contributed by atoms with E-state index in [9.17, 15) is 12.8 Å². The van der Waals surface area contributed by atoms with E-state index in [0.717, 1.165) is 12.1 Å². The highest BCUT2D eigenvalue weighted by Gasteiger charge is 2.28. The molecule has 1 N–H and O–H groups in total. The summed E-state index contributed by atoms with van der Waals surface area (Å²) in [6, 6.07) is 3.42. The number of hydrogen-bond donors (Lipinski definition) is 1. The van der Waals surface area contributed by atoms with Crippen molar-refractivity contribution >= 4 is 10.0 Å². The number of aliphatic hydroxyl groups excluding tert-OH is 1. The molecule has 21 heavy (non-hydrogen) atoms. The van der Waals surface area contributed by atoms with Gasteiger partial charge in [0, 0.05) is 25.1 Å². The second-order valence-corrected chi connectivity index (χ2v) is 6.34. The molecule has 0 saturated carbocycles. The Balaban J connectivity index is 2.40. The van der Waals surface area contributed by atoms with Gasteiger partial charge in [-0.15, -0.1) is 0 Å². The van der Waals surface area contributed by atoms with E-state index in [4.69, 9.17) is 9.84 Å². The lowest BCUT2D eigenvalue weighted by atomic mass is 10.2. The predicted octanol–water partition coefficient (Wildman–Crippen LogP) is 0.581. The van der Waals surface area contributed by atoms with Gasteiger partial charge >= 0.3 is 0 Å². The average molecular weight is 313 g/mol. The molecule has 0 amide bonds. The fraction of sp³-hybridized carbons (Fsp3) is 0.429. The molecule has 0 unspecified atom stereocenters. The van der Waals surface area contributed by atoms with Gasteiger partial charge in [-0.25, -0.2) is 12.8 Å². The number of nitrogens with zero attached hydrogens (tertiary/aromatic N) is 1. The van der Waals surface area contributed by atoms with Gasteiger partial charge in [0.1, 0.15) is 5.82 Å². The van der Waals surface area contributed by atoms with Gasteiger partial charge in [-0.05, 0) is 18.2 Å². The molecule has 5 nitrogen and oxygen atoms in total. The van der Waals surface area contributed by atoms with Crippen LogP contribution in [0, 0.1) is 17.7 Å². The monoisotopic (exact) mass is 313 g/mol. The van der Waals surface area contributed by atoms with Crippen molar-refractivity contribution in [1.29, 1.82) is 0 Å². The number of halogens is 1. The third-order valence-corrected chi connectivity index (χ3v) is 4.95. The Hall–Kier alpha value is -1.46. The van der Waals surface area contributed by atoms with Crippen LogP contribution >= 0.6 is 0 Å². The van der Waals surface area contributed by atoms with Crippen LogP contribution in [0.2, 0.25) is 0 Å². The summed E-state index contributed by atoms with van der Waals surface area (Å²) < 4.78 is 45.0. The number of morpholine rings is 1. The summed E-state index contributed by atoms with van der Waals surface area (Å²) in [6.45, 7) is 1.08.